The Kier molecular flexibility index (Phi) is 5.21. The number of hydrogen-bond acceptors (Lipinski definition) is 1. The van der Waals surface area contributed by atoms with Gasteiger partial charge >= 0.3 is 0 Å². The summed E-state index contributed by atoms with van der Waals surface area (Å²) in [7, 11) is 0. The lowest BCUT2D eigenvalue weighted by atomic mass is 9.86. The first-order chi connectivity index (χ1) is 8.98. The average molecular weight is 338 g/mol. The van der Waals surface area contributed by atoms with E-state index in [1.54, 1.807) is 0 Å². The summed E-state index contributed by atoms with van der Waals surface area (Å²) in [5, 5.41) is 3.07. The van der Waals surface area contributed by atoms with Gasteiger partial charge in [-0.1, -0.05) is 35.2 Å². The van der Waals surface area contributed by atoms with Crippen molar-refractivity contribution in [1.82, 2.24) is 5.32 Å². The highest BCUT2D eigenvalue weighted by Crippen LogP contribution is 2.36. The maximum atomic E-state index is 13.1. The number of carbonyl (C=O) groups excluding carboxylic acids is 1. The molecule has 2 nitrogen and oxygen atoms in total. The number of hydrogen-bond donors (Lipinski definition) is 1. The Morgan fingerprint density at radius 3 is 2.37 bits per heavy atom. The standard InChI is InChI=1S/C14H22BrF2NO/c15-11-4-2-1-3-5-12(11)18-13(19)10-6-8-14(16,17)9-7-10/h10-12H,1-9H2,(H,18,19). The van der Waals surface area contributed by atoms with E-state index in [0.29, 0.717) is 17.7 Å². The van der Waals surface area contributed by atoms with Gasteiger partial charge in [0, 0.05) is 29.6 Å². The minimum atomic E-state index is -2.56. The van der Waals surface area contributed by atoms with Crippen molar-refractivity contribution < 1.29 is 13.6 Å². The third kappa shape index (κ3) is 4.40. The fraction of sp³-hybridized carbons (Fsp3) is 0.929. The van der Waals surface area contributed by atoms with Gasteiger partial charge in [0.2, 0.25) is 11.8 Å². The van der Waals surface area contributed by atoms with Crippen LogP contribution < -0.4 is 5.32 Å². The van der Waals surface area contributed by atoms with Crippen molar-refractivity contribution in [2.75, 3.05) is 0 Å². The highest BCUT2D eigenvalue weighted by molar-refractivity contribution is 9.09. The fourth-order valence-electron chi connectivity index (χ4n) is 3.03. The average Bonchev–Trinajstić information content (AvgIpc) is 2.55. The minimum absolute atomic E-state index is 0.0214. The van der Waals surface area contributed by atoms with Gasteiger partial charge in [-0.3, -0.25) is 4.79 Å². The maximum absolute atomic E-state index is 13.1. The van der Waals surface area contributed by atoms with Crippen molar-refractivity contribution >= 4 is 21.8 Å². The van der Waals surface area contributed by atoms with E-state index in [-0.39, 0.29) is 30.7 Å². The van der Waals surface area contributed by atoms with Crippen molar-refractivity contribution in [1.29, 1.82) is 0 Å². The van der Waals surface area contributed by atoms with Crippen LogP contribution in [0.4, 0.5) is 8.78 Å². The van der Waals surface area contributed by atoms with Crippen molar-refractivity contribution in [3.05, 3.63) is 0 Å². The normalized spacial score (nSPS) is 32.6. The van der Waals surface area contributed by atoms with Crippen LogP contribution in [0.5, 0.6) is 0 Å². The van der Waals surface area contributed by atoms with Gasteiger partial charge in [-0.25, -0.2) is 8.78 Å². The molecule has 2 atom stereocenters. The molecular weight excluding hydrogens is 316 g/mol. The van der Waals surface area contributed by atoms with Gasteiger partial charge in [-0.05, 0) is 25.7 Å². The molecule has 2 unspecified atom stereocenters. The van der Waals surface area contributed by atoms with Crippen LogP contribution in [0.2, 0.25) is 0 Å². The molecule has 2 aliphatic carbocycles. The van der Waals surface area contributed by atoms with Crippen LogP contribution in [0.15, 0.2) is 0 Å². The summed E-state index contributed by atoms with van der Waals surface area (Å²) < 4.78 is 26.2. The second kappa shape index (κ2) is 6.51. The van der Waals surface area contributed by atoms with Gasteiger partial charge in [0.25, 0.3) is 0 Å². The SMILES string of the molecule is O=C(NC1CCCCCC1Br)C1CCC(F)(F)CC1. The van der Waals surface area contributed by atoms with Crippen LogP contribution in [0.25, 0.3) is 0 Å². The molecule has 0 bridgehead atoms. The van der Waals surface area contributed by atoms with Crippen molar-refractivity contribution in [2.45, 2.75) is 74.6 Å². The zero-order valence-electron chi connectivity index (χ0n) is 11.1. The van der Waals surface area contributed by atoms with Gasteiger partial charge in [-0.2, -0.15) is 0 Å². The first kappa shape index (κ1) is 15.2. The van der Waals surface area contributed by atoms with Crippen LogP contribution in [-0.2, 0) is 4.79 Å². The van der Waals surface area contributed by atoms with Crippen molar-refractivity contribution in [3.8, 4) is 0 Å². The molecule has 0 aliphatic heterocycles. The Morgan fingerprint density at radius 1 is 1.05 bits per heavy atom. The number of nitrogens with one attached hydrogen (secondary N) is 1. The van der Waals surface area contributed by atoms with Crippen LogP contribution in [0.3, 0.4) is 0 Å². The number of amides is 1. The minimum Gasteiger partial charge on any atom is -0.352 e. The molecule has 5 heteroatoms. The molecule has 0 spiro atoms. The summed E-state index contributed by atoms with van der Waals surface area (Å²) in [6.45, 7) is 0. The molecule has 19 heavy (non-hydrogen) atoms. The largest absolute Gasteiger partial charge is 0.352 e. The van der Waals surface area contributed by atoms with E-state index >= 15 is 0 Å². The Morgan fingerprint density at radius 2 is 1.68 bits per heavy atom. The molecule has 0 radical (unpaired) electrons. The molecule has 0 aromatic carbocycles. The summed E-state index contributed by atoms with van der Waals surface area (Å²) in [4.78, 5) is 12.5. The monoisotopic (exact) mass is 337 g/mol. The van der Waals surface area contributed by atoms with E-state index in [2.05, 4.69) is 21.2 Å². The van der Waals surface area contributed by atoms with Gasteiger partial charge in [0.15, 0.2) is 0 Å². The van der Waals surface area contributed by atoms with Crippen LogP contribution in [0.1, 0.15) is 57.8 Å². The number of halogens is 3. The zero-order valence-corrected chi connectivity index (χ0v) is 12.7. The zero-order chi connectivity index (χ0) is 13.9. The van der Waals surface area contributed by atoms with Gasteiger partial charge in [-0.15, -0.1) is 0 Å². The Bertz CT molecular complexity index is 315. The Hall–Kier alpha value is -0.190. The molecule has 2 rings (SSSR count). The highest BCUT2D eigenvalue weighted by Gasteiger charge is 2.38. The molecular formula is C14H22BrF2NO. The molecule has 2 aliphatic rings. The molecule has 0 aromatic rings. The third-order valence-electron chi connectivity index (χ3n) is 4.35. The summed E-state index contributed by atoms with van der Waals surface area (Å²) in [6, 6.07) is 0.164. The van der Waals surface area contributed by atoms with E-state index in [1.165, 1.54) is 12.8 Å². The van der Waals surface area contributed by atoms with Gasteiger partial charge in [0.05, 0.1) is 0 Å². The fourth-order valence-corrected chi connectivity index (χ4v) is 3.75. The first-order valence-corrected chi connectivity index (χ1v) is 8.22. The van der Waals surface area contributed by atoms with E-state index < -0.39 is 5.92 Å². The molecule has 0 heterocycles. The molecule has 0 saturated heterocycles. The van der Waals surface area contributed by atoms with E-state index in [9.17, 15) is 13.6 Å². The summed E-state index contributed by atoms with van der Waals surface area (Å²) in [6.07, 6.45) is 5.95. The molecule has 2 fully saturated rings. The van der Waals surface area contributed by atoms with Crippen molar-refractivity contribution in [3.63, 3.8) is 0 Å². The summed E-state index contributed by atoms with van der Waals surface area (Å²) in [5.74, 6) is -2.80. The smallest absolute Gasteiger partial charge is 0.248 e. The second-order valence-corrected chi connectivity index (χ2v) is 7.08. The van der Waals surface area contributed by atoms with Gasteiger partial charge < -0.3 is 5.32 Å². The van der Waals surface area contributed by atoms with Crippen molar-refractivity contribution in [2.24, 2.45) is 5.92 Å². The van der Waals surface area contributed by atoms with Gasteiger partial charge in [0.1, 0.15) is 0 Å². The molecule has 110 valence electrons. The molecule has 0 aromatic heterocycles. The maximum Gasteiger partial charge on any atom is 0.248 e. The lowest BCUT2D eigenvalue weighted by molar-refractivity contribution is -0.129. The van der Waals surface area contributed by atoms with Crippen LogP contribution in [0, 0.1) is 5.92 Å². The van der Waals surface area contributed by atoms with E-state index in [0.717, 1.165) is 19.3 Å². The summed E-state index contributed by atoms with van der Waals surface area (Å²) >= 11 is 3.64. The van der Waals surface area contributed by atoms with Crippen LogP contribution in [-0.4, -0.2) is 22.7 Å². The second-order valence-electron chi connectivity index (χ2n) is 5.90. The van der Waals surface area contributed by atoms with E-state index in [4.69, 9.17) is 0 Å². The lowest BCUT2D eigenvalue weighted by Crippen LogP contribution is -2.44. The van der Waals surface area contributed by atoms with Crippen LogP contribution >= 0.6 is 15.9 Å². The summed E-state index contributed by atoms with van der Waals surface area (Å²) in [5.41, 5.74) is 0. The topological polar surface area (TPSA) is 29.1 Å². The molecule has 1 N–H and O–H groups in total. The molecule has 1 amide bonds. The Balaban J connectivity index is 1.83. The number of carbonyl (C=O) groups is 1. The quantitative estimate of drug-likeness (QED) is 0.598. The molecule has 2 saturated carbocycles. The van der Waals surface area contributed by atoms with E-state index in [1.807, 2.05) is 0 Å². The first-order valence-electron chi connectivity index (χ1n) is 7.30. The predicted octanol–water partition coefficient (Wildman–Crippen LogP) is 4.02. The highest BCUT2D eigenvalue weighted by atomic mass is 79.9. The predicted molar refractivity (Wildman–Crippen MR) is 74.6 cm³/mol. The Labute approximate surface area is 121 Å². The third-order valence-corrected chi connectivity index (χ3v) is 5.44. The lowest BCUT2D eigenvalue weighted by Gasteiger charge is -2.29. The number of alkyl halides is 3. The number of rotatable bonds is 2.